The van der Waals surface area contributed by atoms with Gasteiger partial charge in [-0.2, -0.15) is 0 Å². The molecule has 0 aliphatic carbocycles. The van der Waals surface area contributed by atoms with E-state index in [1.807, 2.05) is 24.3 Å². The van der Waals surface area contributed by atoms with Crippen LogP contribution >= 0.6 is 0 Å². The first-order chi connectivity index (χ1) is 10.3. The van der Waals surface area contributed by atoms with E-state index in [9.17, 15) is 4.79 Å². The van der Waals surface area contributed by atoms with Crippen molar-refractivity contribution in [2.24, 2.45) is 0 Å². The van der Waals surface area contributed by atoms with Gasteiger partial charge in [-0.05, 0) is 35.7 Å². The molecular weight excluding hydrogens is 266 g/mol. The summed E-state index contributed by atoms with van der Waals surface area (Å²) in [4.78, 5) is 12.2. The minimum atomic E-state index is -0.0879. The minimum absolute atomic E-state index is 0.0879. The first-order valence-corrected chi connectivity index (χ1v) is 7.10. The Morgan fingerprint density at radius 3 is 3.10 bits per heavy atom. The second-order valence-corrected chi connectivity index (χ2v) is 5.23. The van der Waals surface area contributed by atoms with Crippen molar-refractivity contribution in [2.45, 2.75) is 19.4 Å². The minimum Gasteiger partial charge on any atom is -0.493 e. The Bertz CT molecular complexity index is 863. The Kier molecular flexibility index (Phi) is 2.77. The molecule has 0 amide bonds. The summed E-state index contributed by atoms with van der Waals surface area (Å²) in [7, 11) is 0. The third kappa shape index (κ3) is 2.11. The van der Waals surface area contributed by atoms with E-state index < -0.39 is 0 Å². The molecule has 5 heteroatoms. The molecule has 0 bridgehead atoms. The highest BCUT2D eigenvalue weighted by Crippen LogP contribution is 2.26. The molecule has 2 aromatic heterocycles. The lowest BCUT2D eigenvalue weighted by Gasteiger charge is -2.03. The lowest BCUT2D eigenvalue weighted by Crippen LogP contribution is -2.22. The number of rotatable bonds is 3. The van der Waals surface area contributed by atoms with Crippen LogP contribution in [-0.2, 0) is 19.4 Å². The van der Waals surface area contributed by atoms with Crippen molar-refractivity contribution in [3.63, 3.8) is 0 Å². The molecule has 0 radical (unpaired) electrons. The smallest absolute Gasteiger partial charge is 0.350 e. The lowest BCUT2D eigenvalue weighted by atomic mass is 10.1. The van der Waals surface area contributed by atoms with Gasteiger partial charge in [0, 0.05) is 12.6 Å². The molecule has 1 aromatic carbocycles. The fraction of sp³-hybridized carbons (Fsp3) is 0.250. The van der Waals surface area contributed by atoms with Gasteiger partial charge in [0.2, 0.25) is 0 Å². The van der Waals surface area contributed by atoms with Crippen molar-refractivity contribution in [1.29, 1.82) is 0 Å². The largest absolute Gasteiger partial charge is 0.493 e. The van der Waals surface area contributed by atoms with E-state index in [1.165, 1.54) is 15.8 Å². The van der Waals surface area contributed by atoms with Crippen LogP contribution < -0.4 is 10.4 Å². The number of nitrogens with zero attached hydrogens (tertiary/aromatic N) is 3. The molecule has 21 heavy (non-hydrogen) atoms. The van der Waals surface area contributed by atoms with E-state index in [-0.39, 0.29) is 5.69 Å². The quantitative estimate of drug-likeness (QED) is 0.734. The molecule has 5 nitrogen and oxygen atoms in total. The van der Waals surface area contributed by atoms with Crippen LogP contribution in [0.15, 0.2) is 47.4 Å². The molecule has 1 aliphatic heterocycles. The number of aromatic nitrogens is 3. The summed E-state index contributed by atoms with van der Waals surface area (Å²) in [5, 5.41) is 4.34. The summed E-state index contributed by atoms with van der Waals surface area (Å²) >= 11 is 0. The van der Waals surface area contributed by atoms with E-state index in [2.05, 4.69) is 17.2 Å². The fourth-order valence-electron chi connectivity index (χ4n) is 2.74. The van der Waals surface area contributed by atoms with Crippen molar-refractivity contribution in [3.8, 4) is 5.75 Å². The van der Waals surface area contributed by atoms with Crippen molar-refractivity contribution < 1.29 is 4.74 Å². The van der Waals surface area contributed by atoms with Crippen LogP contribution in [0.1, 0.15) is 11.1 Å². The maximum absolute atomic E-state index is 12.2. The summed E-state index contributed by atoms with van der Waals surface area (Å²) in [6.07, 6.45) is 3.50. The summed E-state index contributed by atoms with van der Waals surface area (Å²) < 4.78 is 8.60. The molecule has 0 fully saturated rings. The van der Waals surface area contributed by atoms with Crippen LogP contribution in [0, 0.1) is 0 Å². The van der Waals surface area contributed by atoms with Crippen molar-refractivity contribution in [3.05, 3.63) is 64.2 Å². The Morgan fingerprint density at radius 2 is 2.19 bits per heavy atom. The van der Waals surface area contributed by atoms with Gasteiger partial charge in [0.05, 0.1) is 13.2 Å². The summed E-state index contributed by atoms with van der Waals surface area (Å²) in [5.74, 6) is 0.989. The molecule has 0 saturated heterocycles. The van der Waals surface area contributed by atoms with E-state index >= 15 is 0 Å². The summed E-state index contributed by atoms with van der Waals surface area (Å²) in [6.45, 7) is 1.35. The third-order valence-electron chi connectivity index (χ3n) is 3.85. The molecule has 3 heterocycles. The molecule has 0 N–H and O–H groups in total. The van der Waals surface area contributed by atoms with E-state index in [0.717, 1.165) is 25.2 Å². The zero-order chi connectivity index (χ0) is 14.2. The Morgan fingerprint density at radius 1 is 1.24 bits per heavy atom. The molecule has 0 spiro atoms. The van der Waals surface area contributed by atoms with Crippen LogP contribution in [0.4, 0.5) is 0 Å². The van der Waals surface area contributed by atoms with Crippen LogP contribution in [0.2, 0.25) is 0 Å². The monoisotopic (exact) mass is 281 g/mol. The van der Waals surface area contributed by atoms with E-state index in [4.69, 9.17) is 4.74 Å². The van der Waals surface area contributed by atoms with Gasteiger partial charge in [0.15, 0.2) is 5.65 Å². The lowest BCUT2D eigenvalue weighted by molar-refractivity contribution is 0.357. The maximum Gasteiger partial charge on any atom is 0.350 e. The Labute approximate surface area is 121 Å². The maximum atomic E-state index is 12.2. The van der Waals surface area contributed by atoms with Gasteiger partial charge in [-0.15, -0.1) is 5.10 Å². The number of pyridine rings is 1. The number of hydrogen-bond donors (Lipinski definition) is 0. The molecule has 0 unspecified atom stereocenters. The zero-order valence-electron chi connectivity index (χ0n) is 11.5. The summed E-state index contributed by atoms with van der Waals surface area (Å²) in [5.41, 5.74) is 3.07. The molecule has 4 rings (SSSR count). The van der Waals surface area contributed by atoms with Gasteiger partial charge in [-0.25, -0.2) is 9.48 Å². The number of hydrogen-bond acceptors (Lipinski definition) is 3. The number of benzene rings is 1. The molecule has 3 aromatic rings. The second kappa shape index (κ2) is 4.77. The SMILES string of the molecule is O=c1n(CCc2ccc3c(c2)CCO3)nc2ccccn12. The highest BCUT2D eigenvalue weighted by Gasteiger charge is 2.12. The number of fused-ring (bicyclic) bond motifs is 2. The van der Waals surface area contributed by atoms with Gasteiger partial charge < -0.3 is 4.74 Å². The third-order valence-corrected chi connectivity index (χ3v) is 3.85. The first-order valence-electron chi connectivity index (χ1n) is 7.10. The van der Waals surface area contributed by atoms with Gasteiger partial charge >= 0.3 is 5.69 Å². The van der Waals surface area contributed by atoms with E-state index in [1.54, 1.807) is 10.6 Å². The van der Waals surface area contributed by atoms with E-state index in [0.29, 0.717) is 12.2 Å². The van der Waals surface area contributed by atoms with Gasteiger partial charge in [0.25, 0.3) is 0 Å². The van der Waals surface area contributed by atoms with Gasteiger partial charge in [0.1, 0.15) is 5.75 Å². The highest BCUT2D eigenvalue weighted by atomic mass is 16.5. The predicted octanol–water partition coefficient (Wildman–Crippen LogP) is 1.67. The van der Waals surface area contributed by atoms with Crippen molar-refractivity contribution >= 4 is 5.65 Å². The molecule has 0 atom stereocenters. The van der Waals surface area contributed by atoms with Crippen LogP contribution in [0.3, 0.4) is 0 Å². The van der Waals surface area contributed by atoms with Crippen molar-refractivity contribution in [2.75, 3.05) is 6.61 Å². The first kappa shape index (κ1) is 12.2. The van der Waals surface area contributed by atoms with Crippen molar-refractivity contribution in [1.82, 2.24) is 14.2 Å². The van der Waals surface area contributed by atoms with Crippen LogP contribution in [0.5, 0.6) is 5.75 Å². The zero-order valence-corrected chi connectivity index (χ0v) is 11.5. The molecular formula is C16H15N3O2. The Hall–Kier alpha value is -2.56. The normalized spacial score (nSPS) is 13.3. The number of ether oxygens (including phenoxy) is 1. The predicted molar refractivity (Wildman–Crippen MR) is 78.8 cm³/mol. The topological polar surface area (TPSA) is 48.5 Å². The summed E-state index contributed by atoms with van der Waals surface area (Å²) in [6, 6.07) is 11.8. The van der Waals surface area contributed by atoms with Crippen LogP contribution in [-0.4, -0.2) is 20.8 Å². The van der Waals surface area contributed by atoms with Gasteiger partial charge in [-0.3, -0.25) is 4.40 Å². The number of aryl methyl sites for hydroxylation is 2. The standard InChI is InChI=1S/C16H15N3O2/c20-16-18-8-2-1-3-15(18)17-19(16)9-6-12-4-5-14-13(11-12)7-10-21-14/h1-5,8,11H,6-7,9-10H2. The van der Waals surface area contributed by atoms with Gasteiger partial charge in [-0.1, -0.05) is 18.2 Å². The highest BCUT2D eigenvalue weighted by molar-refractivity contribution is 5.40. The molecule has 0 saturated carbocycles. The second-order valence-electron chi connectivity index (χ2n) is 5.23. The average Bonchev–Trinajstić information content (AvgIpc) is 3.10. The average molecular weight is 281 g/mol. The Balaban J connectivity index is 1.58. The fourth-order valence-corrected chi connectivity index (χ4v) is 2.74. The molecule has 1 aliphatic rings. The molecule has 106 valence electrons. The van der Waals surface area contributed by atoms with Crippen LogP contribution in [0.25, 0.3) is 5.65 Å².